The van der Waals surface area contributed by atoms with Crippen molar-refractivity contribution in [3.05, 3.63) is 136 Å². The molecule has 3 aliphatic rings. The molecule has 314 valence electrons. The maximum atomic E-state index is 13.9. The lowest BCUT2D eigenvalue weighted by atomic mass is 9.95. The number of methoxy groups -OCH3 is 1. The number of pyridine rings is 1. The molecule has 2 unspecified atom stereocenters. The summed E-state index contributed by atoms with van der Waals surface area (Å²) in [6.45, 7) is 2.48. The summed E-state index contributed by atoms with van der Waals surface area (Å²) in [5.74, 6) is 0.327. The zero-order chi connectivity index (χ0) is 42.1. The van der Waals surface area contributed by atoms with E-state index in [1.54, 1.807) is 31.5 Å². The molecule has 2 atom stereocenters. The van der Waals surface area contributed by atoms with Crippen molar-refractivity contribution in [1.29, 1.82) is 0 Å². The molecule has 61 heavy (non-hydrogen) atoms. The number of nitrogens with one attached hydrogen (secondary N) is 3. The number of anilines is 2. The number of hydrogen-bond donors (Lipinski definition) is 3. The molecular formula is C46H46N6O8S. The van der Waals surface area contributed by atoms with Crippen LogP contribution in [0, 0.1) is 16.0 Å². The molecule has 9 rings (SSSR count). The van der Waals surface area contributed by atoms with Crippen LogP contribution in [0.2, 0.25) is 0 Å². The smallest absolute Gasteiger partial charge is 0.293 e. The normalized spacial score (nSPS) is 18.3. The molecule has 1 saturated carbocycles. The standard InChI is InChI=1S/C46H46N6O8S/c1-58-36-24-42(39-5-3-2-4-38(39)31-6-7-31)51(28-36)34-11-8-30(9-12-34)32-10-14-40(44(23-32)60-35-22-33-16-19-47-45(33)49-27-35)46(53)50-61(56,57)37-13-15-41(43(25-37)52(54)55)48-26-29-17-20-59-21-18-29/h2-5,8-16,19,22-23,25,27,29,31,36,42,48H,6-7,17-18,20-21,24,26,28H2,1H3,(H,47,49)(H,50,53). The van der Waals surface area contributed by atoms with E-state index < -0.39 is 31.4 Å². The third-order valence-corrected chi connectivity index (χ3v) is 13.3. The average molecular weight is 843 g/mol. The van der Waals surface area contributed by atoms with E-state index in [4.69, 9.17) is 14.2 Å². The van der Waals surface area contributed by atoms with E-state index in [0.717, 1.165) is 54.1 Å². The largest absolute Gasteiger partial charge is 0.455 e. The number of rotatable bonds is 14. The highest BCUT2D eigenvalue weighted by Gasteiger charge is 2.37. The lowest BCUT2D eigenvalue weighted by Gasteiger charge is -2.29. The number of nitrogens with zero attached hydrogens (tertiary/aromatic N) is 3. The van der Waals surface area contributed by atoms with Crippen LogP contribution in [0.4, 0.5) is 17.1 Å². The Morgan fingerprint density at radius 2 is 1.72 bits per heavy atom. The molecule has 1 amide bonds. The molecule has 0 bridgehead atoms. The van der Waals surface area contributed by atoms with E-state index in [-0.39, 0.29) is 35.1 Å². The Morgan fingerprint density at radius 1 is 0.951 bits per heavy atom. The Hall–Kier alpha value is -6.29. The van der Waals surface area contributed by atoms with Crippen molar-refractivity contribution in [1.82, 2.24) is 14.7 Å². The summed E-state index contributed by atoms with van der Waals surface area (Å²) >= 11 is 0. The number of hydrogen-bond acceptors (Lipinski definition) is 11. The minimum atomic E-state index is -4.57. The van der Waals surface area contributed by atoms with Crippen LogP contribution in [-0.2, 0) is 19.5 Å². The van der Waals surface area contributed by atoms with Crippen molar-refractivity contribution in [2.24, 2.45) is 5.92 Å². The van der Waals surface area contributed by atoms with Gasteiger partial charge in [-0.1, -0.05) is 42.5 Å². The molecule has 0 radical (unpaired) electrons. The van der Waals surface area contributed by atoms with Crippen molar-refractivity contribution in [3.63, 3.8) is 0 Å². The Bertz CT molecular complexity index is 2690. The maximum Gasteiger partial charge on any atom is 0.293 e. The summed E-state index contributed by atoms with van der Waals surface area (Å²) in [5.41, 5.74) is 5.76. The molecule has 1 aliphatic carbocycles. The quantitative estimate of drug-likeness (QED) is 0.0706. The second kappa shape index (κ2) is 17.0. The van der Waals surface area contributed by atoms with Crippen LogP contribution in [0.3, 0.4) is 0 Å². The van der Waals surface area contributed by atoms with Gasteiger partial charge in [-0.3, -0.25) is 14.9 Å². The number of H-pyrrole nitrogens is 1. The summed E-state index contributed by atoms with van der Waals surface area (Å²) < 4.78 is 47.0. The molecule has 3 fully saturated rings. The molecule has 4 aromatic carbocycles. The second-order valence-corrected chi connectivity index (χ2v) is 17.6. The van der Waals surface area contributed by atoms with Gasteiger partial charge in [-0.05, 0) is 115 Å². The number of amides is 1. The van der Waals surface area contributed by atoms with Gasteiger partial charge in [0.25, 0.3) is 21.6 Å². The van der Waals surface area contributed by atoms with E-state index in [1.165, 1.54) is 48.4 Å². The van der Waals surface area contributed by atoms with Gasteiger partial charge < -0.3 is 29.4 Å². The minimum Gasteiger partial charge on any atom is -0.455 e. The number of nitro groups is 1. The highest BCUT2D eigenvalue weighted by atomic mass is 32.2. The van der Waals surface area contributed by atoms with Gasteiger partial charge >= 0.3 is 0 Å². The zero-order valence-electron chi connectivity index (χ0n) is 33.6. The van der Waals surface area contributed by atoms with Gasteiger partial charge in [-0.25, -0.2) is 18.1 Å². The van der Waals surface area contributed by atoms with Gasteiger partial charge in [-0.15, -0.1) is 0 Å². The lowest BCUT2D eigenvalue weighted by molar-refractivity contribution is -0.384. The van der Waals surface area contributed by atoms with E-state index in [2.05, 4.69) is 61.3 Å². The predicted molar refractivity (Wildman–Crippen MR) is 232 cm³/mol. The summed E-state index contributed by atoms with van der Waals surface area (Å²) in [4.78, 5) is 34.8. The van der Waals surface area contributed by atoms with Gasteiger partial charge in [0.1, 0.15) is 22.8 Å². The van der Waals surface area contributed by atoms with Gasteiger partial charge in [0.15, 0.2) is 0 Å². The number of sulfonamides is 1. The van der Waals surface area contributed by atoms with Gasteiger partial charge in [0.05, 0.1) is 33.7 Å². The van der Waals surface area contributed by atoms with Crippen LogP contribution in [0.5, 0.6) is 11.5 Å². The molecule has 0 spiro atoms. The minimum absolute atomic E-state index is 0.0674. The Morgan fingerprint density at radius 3 is 2.48 bits per heavy atom. The fraction of sp³-hybridized carbons (Fsp3) is 0.304. The number of carbonyl (C=O) groups is 1. The Labute approximate surface area is 353 Å². The molecule has 4 heterocycles. The molecular weight excluding hydrogens is 797 g/mol. The lowest BCUT2D eigenvalue weighted by Crippen LogP contribution is -2.31. The van der Waals surface area contributed by atoms with Gasteiger partial charge in [0, 0.05) is 56.7 Å². The van der Waals surface area contributed by atoms with Crippen molar-refractivity contribution in [2.45, 2.75) is 55.1 Å². The van der Waals surface area contributed by atoms with Gasteiger partial charge in [0.2, 0.25) is 0 Å². The van der Waals surface area contributed by atoms with Crippen LogP contribution in [-0.4, -0.2) is 68.7 Å². The first-order valence-corrected chi connectivity index (χ1v) is 22.0. The second-order valence-electron chi connectivity index (χ2n) is 15.9. The number of fused-ring (bicyclic) bond motifs is 1. The van der Waals surface area contributed by atoms with Crippen molar-refractivity contribution >= 4 is 44.0 Å². The van der Waals surface area contributed by atoms with Crippen LogP contribution < -0.4 is 19.7 Å². The topological polar surface area (TPSA) is 178 Å². The SMILES string of the molecule is COC1CC(c2ccccc2C2CC2)N(c2ccc(-c3ccc(C(=O)NS(=O)(=O)c4ccc(NCC5CCOCC5)c([N+](=O)[O-])c4)c(Oc4cnc5[nH]ccc5c4)c3)cc2)C1. The number of nitro benzene ring substituents is 1. The number of benzene rings is 4. The molecule has 3 N–H and O–H groups in total. The molecule has 2 aromatic heterocycles. The summed E-state index contributed by atoms with van der Waals surface area (Å²) in [6.07, 6.45) is 8.33. The molecule has 14 nitrogen and oxygen atoms in total. The van der Waals surface area contributed by atoms with Crippen LogP contribution in [0.25, 0.3) is 22.2 Å². The number of aromatic amines is 1. The third-order valence-electron chi connectivity index (χ3n) is 12.0. The molecule has 6 aromatic rings. The first kappa shape index (κ1) is 40.1. The summed E-state index contributed by atoms with van der Waals surface area (Å²) in [6, 6.07) is 29.2. The highest BCUT2D eigenvalue weighted by Crippen LogP contribution is 2.47. The fourth-order valence-corrected chi connectivity index (χ4v) is 9.46. The van der Waals surface area contributed by atoms with E-state index in [0.29, 0.717) is 37.1 Å². The van der Waals surface area contributed by atoms with E-state index in [1.807, 2.05) is 18.2 Å². The van der Waals surface area contributed by atoms with E-state index >= 15 is 0 Å². The van der Waals surface area contributed by atoms with E-state index in [9.17, 15) is 23.3 Å². The van der Waals surface area contributed by atoms with Crippen molar-refractivity contribution in [3.8, 4) is 22.6 Å². The first-order valence-electron chi connectivity index (χ1n) is 20.5. The Balaban J connectivity index is 0.989. The number of carbonyl (C=O) groups excluding carboxylic acids is 1. The molecule has 15 heteroatoms. The number of ether oxygens (including phenoxy) is 3. The zero-order valence-corrected chi connectivity index (χ0v) is 34.4. The first-order chi connectivity index (χ1) is 29.6. The summed E-state index contributed by atoms with van der Waals surface area (Å²) in [7, 11) is -2.80. The van der Waals surface area contributed by atoms with Crippen LogP contribution in [0.1, 0.15) is 65.5 Å². The van der Waals surface area contributed by atoms with Crippen LogP contribution in [0.15, 0.2) is 114 Å². The molecule has 2 saturated heterocycles. The molecule has 2 aliphatic heterocycles. The van der Waals surface area contributed by atoms with Gasteiger partial charge in [-0.2, -0.15) is 0 Å². The average Bonchev–Trinajstić information content (AvgIpc) is 3.86. The fourth-order valence-electron chi connectivity index (χ4n) is 8.47. The monoisotopic (exact) mass is 842 g/mol. The number of aromatic nitrogens is 2. The van der Waals surface area contributed by atoms with Crippen molar-refractivity contribution in [2.75, 3.05) is 43.6 Å². The Kier molecular flexibility index (Phi) is 11.2. The predicted octanol–water partition coefficient (Wildman–Crippen LogP) is 8.73. The highest BCUT2D eigenvalue weighted by molar-refractivity contribution is 7.90. The van der Waals surface area contributed by atoms with Crippen LogP contribution >= 0.6 is 0 Å². The third kappa shape index (κ3) is 8.67. The summed E-state index contributed by atoms with van der Waals surface area (Å²) in [5, 5.41) is 16.0. The van der Waals surface area contributed by atoms with Crippen molar-refractivity contribution < 1.29 is 32.3 Å². The maximum absolute atomic E-state index is 13.9.